The van der Waals surface area contributed by atoms with Crippen molar-refractivity contribution in [2.75, 3.05) is 5.73 Å². The van der Waals surface area contributed by atoms with E-state index in [1.165, 1.54) is 11.3 Å². The molecule has 0 atom stereocenters. The molecule has 3 aromatic rings. The van der Waals surface area contributed by atoms with Crippen LogP contribution in [0, 0.1) is 14.9 Å². The van der Waals surface area contributed by atoms with Crippen LogP contribution in [0.3, 0.4) is 0 Å². The minimum absolute atomic E-state index is 0.572. The second kappa shape index (κ2) is 5.88. The summed E-state index contributed by atoms with van der Waals surface area (Å²) in [4.78, 5) is 1.62. The van der Waals surface area contributed by atoms with Crippen molar-refractivity contribution in [2.24, 2.45) is 0 Å². The van der Waals surface area contributed by atoms with Crippen LogP contribution in [0.4, 0.5) is 5.69 Å². The lowest BCUT2D eigenvalue weighted by molar-refractivity contribution is 1.52. The van der Waals surface area contributed by atoms with Gasteiger partial charge in [0.15, 0.2) is 0 Å². The second-order valence-corrected chi connectivity index (χ2v) is 6.80. The molecule has 2 N–H and O–H groups in total. The van der Waals surface area contributed by atoms with Crippen molar-refractivity contribution < 1.29 is 0 Å². The number of halogens is 1. The molecule has 1 aromatic heterocycles. The van der Waals surface area contributed by atoms with Crippen molar-refractivity contribution in [1.82, 2.24) is 0 Å². The molecule has 0 unspecified atom stereocenters. The Labute approximate surface area is 141 Å². The lowest BCUT2D eigenvalue weighted by Crippen LogP contribution is -1.89. The number of nitrogens with two attached hydrogens (primary N) is 1. The molecule has 1 heterocycles. The maximum absolute atomic E-state index is 9.28. The van der Waals surface area contributed by atoms with Gasteiger partial charge in [-0.1, -0.05) is 42.5 Å². The first-order valence-electron chi connectivity index (χ1n) is 6.34. The van der Waals surface area contributed by atoms with Crippen LogP contribution < -0.4 is 5.73 Å². The topological polar surface area (TPSA) is 49.8 Å². The summed E-state index contributed by atoms with van der Waals surface area (Å²) in [5.41, 5.74) is 9.88. The molecule has 102 valence electrons. The van der Waals surface area contributed by atoms with E-state index in [1.54, 1.807) is 0 Å². The molecular formula is C17H11IN2S. The number of thiophene rings is 1. The summed E-state index contributed by atoms with van der Waals surface area (Å²) >= 11 is 3.75. The summed E-state index contributed by atoms with van der Waals surface area (Å²) in [5.74, 6) is 0. The number of rotatable bonds is 2. The summed E-state index contributed by atoms with van der Waals surface area (Å²) in [5, 5.41) is 9.28. The molecule has 0 saturated heterocycles. The molecule has 0 aliphatic carbocycles. The van der Waals surface area contributed by atoms with Gasteiger partial charge in [-0.15, -0.1) is 11.3 Å². The summed E-state index contributed by atoms with van der Waals surface area (Å²) in [6.45, 7) is 0. The zero-order valence-corrected chi connectivity index (χ0v) is 14.0. The van der Waals surface area contributed by atoms with E-state index < -0.39 is 0 Å². The maximum atomic E-state index is 9.28. The van der Waals surface area contributed by atoms with E-state index >= 15 is 0 Å². The fourth-order valence-electron chi connectivity index (χ4n) is 2.25. The van der Waals surface area contributed by atoms with Gasteiger partial charge in [-0.3, -0.25) is 0 Å². The average Bonchev–Trinajstić information content (AvgIpc) is 2.85. The molecule has 0 bridgehead atoms. The summed E-state index contributed by atoms with van der Waals surface area (Å²) in [6.07, 6.45) is 0. The molecule has 2 nitrogen and oxygen atoms in total. The monoisotopic (exact) mass is 402 g/mol. The first-order valence-corrected chi connectivity index (χ1v) is 8.24. The summed E-state index contributed by atoms with van der Waals surface area (Å²) in [6, 6.07) is 20.4. The minimum atomic E-state index is 0.572. The Morgan fingerprint density at radius 3 is 2.38 bits per heavy atom. The number of nitriles is 1. The zero-order valence-electron chi connectivity index (χ0n) is 11.0. The van der Waals surface area contributed by atoms with E-state index in [9.17, 15) is 5.26 Å². The van der Waals surface area contributed by atoms with E-state index in [0.717, 1.165) is 25.1 Å². The lowest BCUT2D eigenvalue weighted by atomic mass is 10.0. The Morgan fingerprint density at radius 1 is 1.00 bits per heavy atom. The van der Waals surface area contributed by atoms with Gasteiger partial charge in [0.25, 0.3) is 0 Å². The van der Waals surface area contributed by atoms with Crippen LogP contribution in [0.5, 0.6) is 0 Å². The van der Waals surface area contributed by atoms with E-state index in [1.807, 2.05) is 36.4 Å². The van der Waals surface area contributed by atoms with Gasteiger partial charge in [0.1, 0.15) is 10.9 Å². The predicted octanol–water partition coefficient (Wildman–Crippen LogP) is 5.14. The largest absolute Gasteiger partial charge is 0.396 e. The van der Waals surface area contributed by atoms with E-state index in [-0.39, 0.29) is 0 Å². The van der Waals surface area contributed by atoms with Crippen LogP contribution in [0.25, 0.3) is 21.6 Å². The van der Waals surface area contributed by atoms with Crippen molar-refractivity contribution in [3.05, 3.63) is 63.0 Å². The van der Waals surface area contributed by atoms with Gasteiger partial charge < -0.3 is 5.73 Å². The van der Waals surface area contributed by atoms with Crippen molar-refractivity contribution >= 4 is 39.6 Å². The van der Waals surface area contributed by atoms with Crippen LogP contribution >= 0.6 is 33.9 Å². The number of nitrogens with zero attached hydrogens (tertiary/aromatic N) is 1. The first-order chi connectivity index (χ1) is 10.2. The van der Waals surface area contributed by atoms with Crippen molar-refractivity contribution in [2.45, 2.75) is 0 Å². The fraction of sp³-hybridized carbons (Fsp3) is 0. The number of hydrogen-bond acceptors (Lipinski definition) is 3. The summed E-state index contributed by atoms with van der Waals surface area (Å²) in [7, 11) is 0. The van der Waals surface area contributed by atoms with Crippen LogP contribution in [0.15, 0.2) is 54.6 Å². The first kappa shape index (κ1) is 14.1. The van der Waals surface area contributed by atoms with E-state index in [2.05, 4.69) is 46.9 Å². The molecule has 3 rings (SSSR count). The van der Waals surface area contributed by atoms with Gasteiger partial charge in [-0.25, -0.2) is 0 Å². The normalized spacial score (nSPS) is 10.3. The molecule has 0 radical (unpaired) electrons. The highest BCUT2D eigenvalue weighted by atomic mass is 127. The van der Waals surface area contributed by atoms with Crippen molar-refractivity contribution in [3.63, 3.8) is 0 Å². The molecule has 4 heteroatoms. The molecule has 0 spiro atoms. The number of benzene rings is 2. The quantitative estimate of drug-likeness (QED) is 0.604. The number of hydrogen-bond donors (Lipinski definition) is 1. The highest BCUT2D eigenvalue weighted by Crippen LogP contribution is 2.44. The average molecular weight is 402 g/mol. The van der Waals surface area contributed by atoms with Crippen LogP contribution in [-0.4, -0.2) is 0 Å². The van der Waals surface area contributed by atoms with Gasteiger partial charge in [-0.2, -0.15) is 5.26 Å². The minimum Gasteiger partial charge on any atom is -0.396 e. The Kier molecular flexibility index (Phi) is 3.95. The highest BCUT2D eigenvalue weighted by molar-refractivity contribution is 14.1. The molecule has 0 fully saturated rings. The van der Waals surface area contributed by atoms with Gasteiger partial charge in [0.2, 0.25) is 0 Å². The molecule has 0 aliphatic heterocycles. The SMILES string of the molecule is N#Cc1sc(-c2cccc(I)c2)c(-c2ccccc2)c1N. The van der Waals surface area contributed by atoms with Crippen LogP contribution in [-0.2, 0) is 0 Å². The van der Waals surface area contributed by atoms with Gasteiger partial charge in [0, 0.05) is 14.0 Å². The fourth-order valence-corrected chi connectivity index (χ4v) is 3.83. The Morgan fingerprint density at radius 2 is 1.71 bits per heavy atom. The smallest absolute Gasteiger partial charge is 0.129 e. The van der Waals surface area contributed by atoms with Gasteiger partial charge in [-0.05, 0) is 45.9 Å². The molecule has 0 amide bonds. The third-order valence-corrected chi connectivity index (χ3v) is 5.03. The predicted molar refractivity (Wildman–Crippen MR) is 97.0 cm³/mol. The molecule has 21 heavy (non-hydrogen) atoms. The summed E-state index contributed by atoms with van der Waals surface area (Å²) < 4.78 is 1.16. The Hall–Kier alpha value is -1.84. The van der Waals surface area contributed by atoms with Crippen LogP contribution in [0.2, 0.25) is 0 Å². The zero-order chi connectivity index (χ0) is 14.8. The van der Waals surface area contributed by atoms with E-state index in [0.29, 0.717) is 10.6 Å². The van der Waals surface area contributed by atoms with Gasteiger partial charge in [0.05, 0.1) is 5.69 Å². The van der Waals surface area contributed by atoms with Gasteiger partial charge >= 0.3 is 0 Å². The third kappa shape index (κ3) is 2.67. The third-order valence-electron chi connectivity index (χ3n) is 3.20. The van der Waals surface area contributed by atoms with Crippen molar-refractivity contribution in [1.29, 1.82) is 5.26 Å². The number of nitrogen functional groups attached to an aromatic ring is 1. The Bertz CT molecular complexity index is 832. The highest BCUT2D eigenvalue weighted by Gasteiger charge is 2.18. The molecule has 0 aliphatic rings. The number of anilines is 1. The maximum Gasteiger partial charge on any atom is 0.129 e. The van der Waals surface area contributed by atoms with E-state index in [4.69, 9.17) is 5.73 Å². The molecule has 0 saturated carbocycles. The second-order valence-electron chi connectivity index (χ2n) is 4.54. The lowest BCUT2D eigenvalue weighted by Gasteiger charge is -2.06. The molecular weight excluding hydrogens is 391 g/mol. The molecule has 2 aromatic carbocycles. The Balaban J connectivity index is 2.29. The van der Waals surface area contributed by atoms with Crippen molar-refractivity contribution in [3.8, 4) is 27.6 Å². The van der Waals surface area contributed by atoms with Crippen LogP contribution in [0.1, 0.15) is 4.88 Å². The standard InChI is InChI=1S/C17H11IN2S/c18-13-8-4-7-12(9-13)17-15(11-5-2-1-3-6-11)16(20)14(10-19)21-17/h1-9H,20H2.